The number of nitrogens with one attached hydrogen (secondary N) is 1. The summed E-state index contributed by atoms with van der Waals surface area (Å²) in [5.41, 5.74) is 4.44. The van der Waals surface area contributed by atoms with Crippen LogP contribution in [0.25, 0.3) is 5.78 Å². The fourth-order valence-corrected chi connectivity index (χ4v) is 4.94. The van der Waals surface area contributed by atoms with Crippen molar-refractivity contribution in [2.24, 2.45) is 5.10 Å². The van der Waals surface area contributed by atoms with Crippen molar-refractivity contribution < 1.29 is 9.53 Å². The molecule has 9 nitrogen and oxygen atoms in total. The molecule has 178 valence electrons. The van der Waals surface area contributed by atoms with Crippen LogP contribution >= 0.6 is 11.8 Å². The molecule has 0 saturated heterocycles. The highest BCUT2D eigenvalue weighted by Gasteiger charge is 2.33. The van der Waals surface area contributed by atoms with Crippen LogP contribution in [0.15, 0.2) is 69.6 Å². The summed E-state index contributed by atoms with van der Waals surface area (Å²) in [5.74, 6) is 1.11. The number of hydrogen-bond donors (Lipinski definition) is 1. The lowest BCUT2D eigenvalue weighted by molar-refractivity contribution is -0.130. The zero-order valence-electron chi connectivity index (χ0n) is 19.6. The molecule has 10 heteroatoms. The van der Waals surface area contributed by atoms with Crippen molar-refractivity contribution >= 4 is 29.2 Å². The number of aromatic nitrogens is 4. The second-order valence-electron chi connectivity index (χ2n) is 8.35. The molecule has 0 aliphatic carbocycles. The highest BCUT2D eigenvalue weighted by Crippen LogP contribution is 2.34. The number of carbonyl (C=O) groups excluding carboxylic acids is 1. The number of methoxy groups -OCH3 is 1. The van der Waals surface area contributed by atoms with Gasteiger partial charge in [-0.15, -0.1) is 10.2 Å². The van der Waals surface area contributed by atoms with Crippen molar-refractivity contribution in [1.82, 2.24) is 24.6 Å². The van der Waals surface area contributed by atoms with Crippen LogP contribution in [0.1, 0.15) is 34.8 Å². The molecule has 2 aromatic carbocycles. The fourth-order valence-electron chi connectivity index (χ4n) is 4.10. The van der Waals surface area contributed by atoms with Crippen molar-refractivity contribution in [1.29, 1.82) is 0 Å². The predicted molar refractivity (Wildman–Crippen MR) is 134 cm³/mol. The van der Waals surface area contributed by atoms with Gasteiger partial charge in [-0.1, -0.05) is 41.6 Å². The molecular formula is C25H24N6O3S. The lowest BCUT2D eigenvalue weighted by Crippen LogP contribution is -2.28. The van der Waals surface area contributed by atoms with Gasteiger partial charge < -0.3 is 4.74 Å². The number of carbonyl (C=O) groups is 1. The molecule has 0 unspecified atom stereocenters. The maximum atomic E-state index is 13.4. The van der Waals surface area contributed by atoms with Crippen LogP contribution in [0.4, 0.5) is 0 Å². The van der Waals surface area contributed by atoms with Crippen LogP contribution in [-0.4, -0.2) is 49.1 Å². The van der Waals surface area contributed by atoms with Crippen LogP contribution in [0.3, 0.4) is 0 Å². The van der Waals surface area contributed by atoms with Gasteiger partial charge in [0.2, 0.25) is 5.78 Å². The number of aryl methyl sites for hydroxylation is 2. The van der Waals surface area contributed by atoms with E-state index in [1.54, 1.807) is 23.4 Å². The molecule has 0 fully saturated rings. The van der Waals surface area contributed by atoms with Gasteiger partial charge in [0.1, 0.15) is 5.75 Å². The molecule has 2 aromatic heterocycles. The van der Waals surface area contributed by atoms with Gasteiger partial charge in [-0.3, -0.25) is 19.0 Å². The Balaban J connectivity index is 1.41. The van der Waals surface area contributed by atoms with Crippen molar-refractivity contribution in [2.75, 3.05) is 12.9 Å². The summed E-state index contributed by atoms with van der Waals surface area (Å²) >= 11 is 1.26. The van der Waals surface area contributed by atoms with E-state index in [1.165, 1.54) is 17.8 Å². The molecule has 0 spiro atoms. The highest BCUT2D eigenvalue weighted by atomic mass is 32.2. The van der Waals surface area contributed by atoms with E-state index in [4.69, 9.17) is 9.84 Å². The summed E-state index contributed by atoms with van der Waals surface area (Å²) < 4.78 is 6.99. The molecule has 1 aliphatic heterocycles. The molecular weight excluding hydrogens is 464 g/mol. The Morgan fingerprint density at radius 3 is 2.57 bits per heavy atom. The Kier molecular flexibility index (Phi) is 6.12. The first-order chi connectivity index (χ1) is 16.9. The Labute approximate surface area is 205 Å². The van der Waals surface area contributed by atoms with Crippen LogP contribution in [0, 0.1) is 13.8 Å². The largest absolute Gasteiger partial charge is 0.497 e. The number of benzene rings is 2. The Morgan fingerprint density at radius 2 is 1.86 bits per heavy atom. The number of rotatable bonds is 6. The lowest BCUT2D eigenvalue weighted by Gasteiger charge is -2.22. The Bertz CT molecular complexity index is 1470. The smallest absolute Gasteiger partial charge is 0.253 e. The number of fused-ring (bicyclic) bond motifs is 1. The minimum absolute atomic E-state index is 0.126. The first-order valence-electron chi connectivity index (χ1n) is 11.1. The number of H-pyrrole nitrogens is 1. The van der Waals surface area contributed by atoms with E-state index in [0.717, 1.165) is 28.2 Å². The first kappa shape index (κ1) is 22.9. The molecule has 1 amide bonds. The van der Waals surface area contributed by atoms with Gasteiger partial charge >= 0.3 is 0 Å². The third-order valence-corrected chi connectivity index (χ3v) is 6.85. The number of amides is 1. The number of hydrogen-bond acceptors (Lipinski definition) is 7. The van der Waals surface area contributed by atoms with Gasteiger partial charge in [0.05, 0.1) is 24.6 Å². The molecule has 35 heavy (non-hydrogen) atoms. The summed E-state index contributed by atoms with van der Waals surface area (Å²) in [6.45, 7) is 3.84. The normalized spacial score (nSPS) is 15.5. The zero-order chi connectivity index (χ0) is 24.5. The summed E-state index contributed by atoms with van der Waals surface area (Å²) in [6, 6.07) is 17.2. The molecule has 4 aromatic rings. The van der Waals surface area contributed by atoms with Gasteiger partial charge in [-0.25, -0.2) is 5.01 Å². The number of aromatic amines is 1. The van der Waals surface area contributed by atoms with Gasteiger partial charge in [-0.05, 0) is 49.2 Å². The van der Waals surface area contributed by atoms with Crippen molar-refractivity contribution in [3.63, 3.8) is 0 Å². The molecule has 3 heterocycles. The quantitative estimate of drug-likeness (QED) is 0.417. The number of ether oxygens (including phenoxy) is 1. The van der Waals surface area contributed by atoms with E-state index >= 15 is 0 Å². The molecule has 5 rings (SSSR count). The summed E-state index contributed by atoms with van der Waals surface area (Å²) in [7, 11) is 1.63. The van der Waals surface area contributed by atoms with Crippen LogP contribution in [0.2, 0.25) is 0 Å². The second kappa shape index (κ2) is 9.38. The van der Waals surface area contributed by atoms with E-state index in [2.05, 4.69) is 15.2 Å². The summed E-state index contributed by atoms with van der Waals surface area (Å²) in [4.78, 5) is 27.8. The third-order valence-electron chi connectivity index (χ3n) is 5.94. The van der Waals surface area contributed by atoms with Gasteiger partial charge in [0.15, 0.2) is 5.16 Å². The predicted octanol–water partition coefficient (Wildman–Crippen LogP) is 3.51. The average molecular weight is 489 g/mol. The van der Waals surface area contributed by atoms with Crippen molar-refractivity contribution in [2.45, 2.75) is 31.5 Å². The van der Waals surface area contributed by atoms with Crippen molar-refractivity contribution in [3.8, 4) is 5.75 Å². The third kappa shape index (κ3) is 4.57. The topological polar surface area (TPSA) is 105 Å². The number of thioether (sulfide) groups is 1. The molecule has 1 atom stereocenters. The SMILES string of the molecule is COc1ccc(C2=NN(C(=O)CSc3nnc4[nH]c(=O)cc(C)n34)[C@@H](c3ccc(C)cc3)C2)cc1. The summed E-state index contributed by atoms with van der Waals surface area (Å²) in [6.07, 6.45) is 0.611. The van der Waals surface area contributed by atoms with E-state index < -0.39 is 0 Å². The van der Waals surface area contributed by atoms with Crippen LogP contribution < -0.4 is 10.3 Å². The number of hydrazone groups is 1. The second-order valence-corrected chi connectivity index (χ2v) is 9.29. The Morgan fingerprint density at radius 1 is 1.11 bits per heavy atom. The van der Waals surface area contributed by atoms with E-state index in [9.17, 15) is 9.59 Å². The number of nitrogens with zero attached hydrogens (tertiary/aromatic N) is 5. The molecule has 1 N–H and O–H groups in total. The molecule has 0 radical (unpaired) electrons. The zero-order valence-corrected chi connectivity index (χ0v) is 20.4. The summed E-state index contributed by atoms with van der Waals surface area (Å²) in [5, 5.41) is 15.0. The van der Waals surface area contributed by atoms with E-state index in [-0.39, 0.29) is 23.3 Å². The minimum Gasteiger partial charge on any atom is -0.497 e. The molecule has 1 aliphatic rings. The first-order valence-corrected chi connectivity index (χ1v) is 12.1. The van der Waals surface area contributed by atoms with Gasteiger partial charge in [0.25, 0.3) is 11.5 Å². The van der Waals surface area contributed by atoms with Crippen LogP contribution in [-0.2, 0) is 4.79 Å². The molecule has 0 bridgehead atoms. The van der Waals surface area contributed by atoms with E-state index in [1.807, 2.05) is 55.5 Å². The van der Waals surface area contributed by atoms with Gasteiger partial charge in [0, 0.05) is 18.2 Å². The monoisotopic (exact) mass is 488 g/mol. The Hall–Kier alpha value is -3.92. The minimum atomic E-state index is -0.242. The highest BCUT2D eigenvalue weighted by molar-refractivity contribution is 7.99. The van der Waals surface area contributed by atoms with Crippen LogP contribution in [0.5, 0.6) is 5.75 Å². The fraction of sp³-hybridized carbons (Fsp3) is 0.240. The van der Waals surface area contributed by atoms with Gasteiger partial charge in [-0.2, -0.15) is 5.10 Å². The van der Waals surface area contributed by atoms with E-state index in [0.29, 0.717) is 23.0 Å². The lowest BCUT2D eigenvalue weighted by atomic mass is 9.97. The average Bonchev–Trinajstić information content (AvgIpc) is 3.48. The standard InChI is InChI=1S/C25H24N6O3S/c1-15-4-6-18(7-5-15)21-13-20(17-8-10-19(34-3)11-9-17)29-31(21)23(33)14-35-25-28-27-24-26-22(32)12-16(2)30(24)25/h4-12,21H,13-14H2,1-3H3,(H,26,27,32)/t21-/m1/s1. The molecule has 0 saturated carbocycles. The maximum Gasteiger partial charge on any atom is 0.253 e. The maximum absolute atomic E-state index is 13.4. The van der Waals surface area contributed by atoms with Crippen molar-refractivity contribution in [3.05, 3.63) is 87.3 Å².